The van der Waals surface area contributed by atoms with Crippen LogP contribution in [0.25, 0.3) is 10.2 Å². The van der Waals surface area contributed by atoms with E-state index in [0.29, 0.717) is 23.3 Å². The second-order valence-electron chi connectivity index (χ2n) is 6.61. The molecule has 27 heavy (non-hydrogen) atoms. The quantitative estimate of drug-likeness (QED) is 0.663. The molecule has 8 heteroatoms. The van der Waals surface area contributed by atoms with Crippen LogP contribution in [0.15, 0.2) is 47.0 Å². The van der Waals surface area contributed by atoms with E-state index in [9.17, 15) is 9.59 Å². The average Bonchev–Trinajstić information content (AvgIpc) is 3.19. The molecule has 0 bridgehead atoms. The zero-order valence-electron chi connectivity index (χ0n) is 15.0. The molecule has 1 aliphatic rings. The largest absolute Gasteiger partial charge is 0.339 e. The van der Waals surface area contributed by atoms with Crippen molar-refractivity contribution in [3.05, 3.63) is 58.2 Å². The predicted octanol–water partition coefficient (Wildman–Crippen LogP) is 1.24. The van der Waals surface area contributed by atoms with Crippen LogP contribution in [-0.4, -0.2) is 63.0 Å². The van der Waals surface area contributed by atoms with E-state index in [4.69, 9.17) is 0 Å². The van der Waals surface area contributed by atoms with Crippen LogP contribution in [0, 0.1) is 0 Å². The van der Waals surface area contributed by atoms with E-state index < -0.39 is 0 Å². The Labute approximate surface area is 160 Å². The van der Waals surface area contributed by atoms with Crippen molar-refractivity contribution >= 4 is 27.5 Å². The summed E-state index contributed by atoms with van der Waals surface area (Å²) in [6.07, 6.45) is 4.20. The third-order valence-corrected chi connectivity index (χ3v) is 5.71. The monoisotopic (exact) mass is 383 g/mol. The molecule has 3 aromatic heterocycles. The molecular formula is C19H21N5O2S. The number of amides is 1. The van der Waals surface area contributed by atoms with Gasteiger partial charge in [0.25, 0.3) is 5.56 Å². The lowest BCUT2D eigenvalue weighted by molar-refractivity contribution is -0.133. The average molecular weight is 383 g/mol. The molecule has 0 spiro atoms. The van der Waals surface area contributed by atoms with Crippen LogP contribution in [0.5, 0.6) is 0 Å². The standard InChI is InChI=1S/C19H21N5O2S/c25-17(13-24-14-21-18-16(19(24)26)5-12-27-18)23-10-8-22(9-11-23)7-4-15-3-1-2-6-20-15/h1-3,5-6,12,14H,4,7-11,13H2. The Morgan fingerprint density at radius 3 is 2.74 bits per heavy atom. The third-order valence-electron chi connectivity index (χ3n) is 4.89. The van der Waals surface area contributed by atoms with Crippen LogP contribution in [-0.2, 0) is 17.8 Å². The highest BCUT2D eigenvalue weighted by Crippen LogP contribution is 2.13. The lowest BCUT2D eigenvalue weighted by Gasteiger charge is -2.34. The summed E-state index contributed by atoms with van der Waals surface area (Å²) in [5.41, 5.74) is 0.940. The number of aromatic nitrogens is 3. The van der Waals surface area contributed by atoms with E-state index in [1.807, 2.05) is 34.7 Å². The molecule has 0 aromatic carbocycles. The van der Waals surface area contributed by atoms with Crippen molar-refractivity contribution in [3.8, 4) is 0 Å². The molecule has 0 aliphatic carbocycles. The van der Waals surface area contributed by atoms with Crippen molar-refractivity contribution in [1.82, 2.24) is 24.3 Å². The fourth-order valence-electron chi connectivity index (χ4n) is 3.29. The SMILES string of the molecule is O=C(Cn1cnc2sccc2c1=O)N1CCN(CCc2ccccn2)CC1. The van der Waals surface area contributed by atoms with Gasteiger partial charge in [-0.05, 0) is 23.6 Å². The van der Waals surface area contributed by atoms with E-state index in [1.54, 1.807) is 6.07 Å². The van der Waals surface area contributed by atoms with Gasteiger partial charge in [0.1, 0.15) is 11.4 Å². The predicted molar refractivity (Wildman–Crippen MR) is 105 cm³/mol. The van der Waals surface area contributed by atoms with Gasteiger partial charge < -0.3 is 4.90 Å². The molecule has 1 fully saturated rings. The highest BCUT2D eigenvalue weighted by Gasteiger charge is 2.21. The zero-order chi connectivity index (χ0) is 18.6. The molecule has 0 saturated carbocycles. The summed E-state index contributed by atoms with van der Waals surface area (Å²) in [6, 6.07) is 7.72. The molecule has 0 radical (unpaired) electrons. The van der Waals surface area contributed by atoms with E-state index in [0.717, 1.165) is 31.7 Å². The van der Waals surface area contributed by atoms with Gasteiger partial charge in [-0.15, -0.1) is 11.3 Å². The van der Waals surface area contributed by atoms with Gasteiger partial charge in [-0.25, -0.2) is 4.98 Å². The van der Waals surface area contributed by atoms with Gasteiger partial charge in [0.15, 0.2) is 0 Å². The number of carbonyl (C=O) groups excluding carboxylic acids is 1. The number of pyridine rings is 1. The molecule has 4 heterocycles. The molecule has 1 saturated heterocycles. The van der Waals surface area contributed by atoms with Crippen LogP contribution in [0.4, 0.5) is 0 Å². The number of hydrogen-bond acceptors (Lipinski definition) is 6. The van der Waals surface area contributed by atoms with Crippen LogP contribution in [0.1, 0.15) is 5.69 Å². The maximum absolute atomic E-state index is 12.6. The normalized spacial score (nSPS) is 15.3. The first-order valence-electron chi connectivity index (χ1n) is 9.03. The van der Waals surface area contributed by atoms with Gasteiger partial charge in [-0.3, -0.25) is 24.0 Å². The van der Waals surface area contributed by atoms with Gasteiger partial charge in [0, 0.05) is 51.0 Å². The number of nitrogens with zero attached hydrogens (tertiary/aromatic N) is 5. The number of carbonyl (C=O) groups is 1. The van der Waals surface area contributed by atoms with E-state index in [1.165, 1.54) is 22.2 Å². The smallest absolute Gasteiger partial charge is 0.262 e. The highest BCUT2D eigenvalue weighted by molar-refractivity contribution is 7.16. The van der Waals surface area contributed by atoms with Crippen LogP contribution in [0.2, 0.25) is 0 Å². The molecule has 140 valence electrons. The Hall–Kier alpha value is -2.58. The summed E-state index contributed by atoms with van der Waals surface area (Å²) < 4.78 is 1.41. The summed E-state index contributed by atoms with van der Waals surface area (Å²) in [7, 11) is 0. The summed E-state index contributed by atoms with van der Waals surface area (Å²) in [5.74, 6) is -0.0298. The summed E-state index contributed by atoms with van der Waals surface area (Å²) in [5, 5.41) is 2.42. The molecule has 3 aromatic rings. The molecule has 0 unspecified atom stereocenters. The van der Waals surface area contributed by atoms with E-state index in [-0.39, 0.29) is 18.0 Å². The lowest BCUT2D eigenvalue weighted by atomic mass is 10.2. The fourth-order valence-corrected chi connectivity index (χ4v) is 4.01. The minimum Gasteiger partial charge on any atom is -0.339 e. The third kappa shape index (κ3) is 4.06. The van der Waals surface area contributed by atoms with E-state index in [2.05, 4.69) is 14.9 Å². The minimum atomic E-state index is -0.149. The first kappa shape index (κ1) is 17.8. The summed E-state index contributed by atoms with van der Waals surface area (Å²) in [4.78, 5) is 38.5. The van der Waals surface area contributed by atoms with Gasteiger partial charge in [-0.1, -0.05) is 6.07 Å². The maximum Gasteiger partial charge on any atom is 0.262 e. The summed E-state index contributed by atoms with van der Waals surface area (Å²) in [6.45, 7) is 4.04. The van der Waals surface area contributed by atoms with Crippen molar-refractivity contribution in [2.24, 2.45) is 0 Å². The molecule has 4 rings (SSSR count). The Balaban J connectivity index is 1.30. The lowest BCUT2D eigenvalue weighted by Crippen LogP contribution is -2.50. The van der Waals surface area contributed by atoms with Crippen LogP contribution in [0.3, 0.4) is 0 Å². The topological polar surface area (TPSA) is 71.3 Å². The maximum atomic E-state index is 12.6. The summed E-state index contributed by atoms with van der Waals surface area (Å²) >= 11 is 1.43. The zero-order valence-corrected chi connectivity index (χ0v) is 15.8. The molecule has 7 nitrogen and oxygen atoms in total. The molecule has 1 aliphatic heterocycles. The second-order valence-corrected chi connectivity index (χ2v) is 7.51. The number of rotatable bonds is 5. The van der Waals surface area contributed by atoms with Crippen molar-refractivity contribution < 1.29 is 4.79 Å². The highest BCUT2D eigenvalue weighted by atomic mass is 32.1. The van der Waals surface area contributed by atoms with Gasteiger partial charge in [0.2, 0.25) is 5.91 Å². The fraction of sp³-hybridized carbons (Fsp3) is 0.368. The van der Waals surface area contributed by atoms with E-state index >= 15 is 0 Å². The number of fused-ring (bicyclic) bond motifs is 1. The van der Waals surface area contributed by atoms with Crippen molar-refractivity contribution in [3.63, 3.8) is 0 Å². The van der Waals surface area contributed by atoms with Crippen LogP contribution < -0.4 is 5.56 Å². The van der Waals surface area contributed by atoms with Crippen molar-refractivity contribution in [1.29, 1.82) is 0 Å². The number of hydrogen-bond donors (Lipinski definition) is 0. The second kappa shape index (κ2) is 7.98. The number of thiophene rings is 1. The molecule has 0 atom stereocenters. The Kier molecular flexibility index (Phi) is 5.26. The van der Waals surface area contributed by atoms with Crippen LogP contribution >= 0.6 is 11.3 Å². The Morgan fingerprint density at radius 2 is 1.96 bits per heavy atom. The van der Waals surface area contributed by atoms with Gasteiger partial charge in [0.05, 0.1) is 11.7 Å². The van der Waals surface area contributed by atoms with Gasteiger partial charge >= 0.3 is 0 Å². The molecular weight excluding hydrogens is 362 g/mol. The van der Waals surface area contributed by atoms with Crippen molar-refractivity contribution in [2.45, 2.75) is 13.0 Å². The minimum absolute atomic E-state index is 0.0298. The Bertz CT molecular complexity index is 976. The van der Waals surface area contributed by atoms with Gasteiger partial charge in [-0.2, -0.15) is 0 Å². The molecule has 0 N–H and O–H groups in total. The molecule has 1 amide bonds. The Morgan fingerprint density at radius 1 is 1.11 bits per heavy atom. The number of piperazine rings is 1. The first-order valence-corrected chi connectivity index (χ1v) is 9.91. The van der Waals surface area contributed by atoms with Crippen molar-refractivity contribution in [2.75, 3.05) is 32.7 Å². The first-order chi connectivity index (χ1) is 13.2.